The van der Waals surface area contributed by atoms with Gasteiger partial charge in [0.1, 0.15) is 23.4 Å². The summed E-state index contributed by atoms with van der Waals surface area (Å²) in [5, 5.41) is 2.75. The van der Waals surface area contributed by atoms with Gasteiger partial charge in [0.15, 0.2) is 0 Å². The monoisotopic (exact) mass is 427 g/mol. The third-order valence-corrected chi connectivity index (χ3v) is 6.44. The van der Waals surface area contributed by atoms with Crippen molar-refractivity contribution in [3.05, 3.63) is 11.6 Å². The maximum atomic E-state index is 12.3. The Balaban J connectivity index is 1.56. The Bertz CT molecular complexity index is 617. The number of carbonyl (C=O) groups excluding carboxylic acids is 1. The van der Waals surface area contributed by atoms with Crippen LogP contribution in [0.25, 0.3) is 0 Å². The highest BCUT2D eigenvalue weighted by molar-refractivity contribution is 5.67. The summed E-state index contributed by atoms with van der Waals surface area (Å²) in [5.74, 6) is 0.0227. The van der Waals surface area contributed by atoms with E-state index in [0.29, 0.717) is 39.4 Å². The van der Waals surface area contributed by atoms with E-state index in [1.165, 1.54) is 5.57 Å². The SMILES string of the molecule is COCCOCCNC(=O)O[C@@H]1CCC2(CO2)[C@@H]([C@@]2(C)O[C@@H]2CC=C(C)C)[C@@H]1OC. The van der Waals surface area contributed by atoms with Crippen molar-refractivity contribution in [2.24, 2.45) is 5.92 Å². The predicted octanol–water partition coefficient (Wildman–Crippen LogP) is 2.45. The first-order valence-corrected chi connectivity index (χ1v) is 10.9. The van der Waals surface area contributed by atoms with Crippen LogP contribution in [-0.4, -0.2) is 82.8 Å². The Morgan fingerprint density at radius 2 is 2.00 bits per heavy atom. The molecule has 0 bridgehead atoms. The van der Waals surface area contributed by atoms with E-state index in [2.05, 4.69) is 32.2 Å². The number of allylic oxidation sites excluding steroid dienone is 1. The lowest BCUT2D eigenvalue weighted by Gasteiger charge is -2.42. The number of nitrogens with one attached hydrogen (secondary N) is 1. The van der Waals surface area contributed by atoms with E-state index in [9.17, 15) is 4.79 Å². The van der Waals surface area contributed by atoms with Gasteiger partial charge >= 0.3 is 6.09 Å². The topological polar surface area (TPSA) is 91.1 Å². The molecule has 172 valence electrons. The number of epoxide rings is 2. The van der Waals surface area contributed by atoms with E-state index in [1.807, 2.05) is 0 Å². The van der Waals surface area contributed by atoms with E-state index in [0.717, 1.165) is 12.8 Å². The maximum Gasteiger partial charge on any atom is 0.407 e. The third-order valence-electron chi connectivity index (χ3n) is 6.44. The highest BCUT2D eigenvalue weighted by Crippen LogP contribution is 2.59. The van der Waals surface area contributed by atoms with Crippen molar-refractivity contribution in [2.45, 2.75) is 69.5 Å². The Labute approximate surface area is 179 Å². The zero-order valence-electron chi connectivity index (χ0n) is 18.9. The number of rotatable bonds is 11. The molecule has 2 aliphatic heterocycles. The van der Waals surface area contributed by atoms with E-state index < -0.39 is 6.09 Å². The average Bonchev–Trinajstić information content (AvgIpc) is 3.62. The summed E-state index contributed by atoms with van der Waals surface area (Å²) in [7, 11) is 3.30. The first kappa shape index (κ1) is 23.5. The van der Waals surface area contributed by atoms with Crippen LogP contribution in [0.3, 0.4) is 0 Å². The van der Waals surface area contributed by atoms with Crippen molar-refractivity contribution < 1.29 is 33.2 Å². The maximum absolute atomic E-state index is 12.3. The van der Waals surface area contributed by atoms with Crippen LogP contribution in [-0.2, 0) is 28.4 Å². The van der Waals surface area contributed by atoms with Crippen LogP contribution in [0, 0.1) is 5.92 Å². The van der Waals surface area contributed by atoms with Gasteiger partial charge in [0.2, 0.25) is 0 Å². The molecule has 0 radical (unpaired) electrons. The molecule has 1 aliphatic carbocycles. The standard InChI is InChI=1S/C22H37NO7/c1-15(2)6-7-17-21(3,30-17)19-18(26-5)16(8-9-22(19)14-28-22)29-20(24)23-10-11-27-13-12-25-4/h6,16-19H,7-14H2,1-5H3,(H,23,24)/t16-,17-,18-,19-,21+,22?/m1/s1. The molecule has 8 nitrogen and oxygen atoms in total. The molecular weight excluding hydrogens is 390 g/mol. The van der Waals surface area contributed by atoms with E-state index in [1.54, 1.807) is 14.2 Å². The van der Waals surface area contributed by atoms with Crippen LogP contribution in [0.2, 0.25) is 0 Å². The van der Waals surface area contributed by atoms with Gasteiger partial charge < -0.3 is 33.7 Å². The lowest BCUT2D eigenvalue weighted by molar-refractivity contribution is -0.118. The van der Waals surface area contributed by atoms with E-state index >= 15 is 0 Å². The van der Waals surface area contributed by atoms with Gasteiger partial charge in [-0.2, -0.15) is 0 Å². The molecule has 1 spiro atoms. The molecule has 2 saturated heterocycles. The molecule has 1 saturated carbocycles. The largest absolute Gasteiger partial charge is 0.443 e. The normalized spacial score (nSPS) is 37.0. The molecule has 0 aromatic rings. The Morgan fingerprint density at radius 1 is 1.23 bits per heavy atom. The quantitative estimate of drug-likeness (QED) is 0.308. The second kappa shape index (κ2) is 9.96. The van der Waals surface area contributed by atoms with Crippen LogP contribution in [0.1, 0.15) is 40.0 Å². The zero-order valence-corrected chi connectivity index (χ0v) is 18.9. The van der Waals surface area contributed by atoms with Gasteiger partial charge in [0.25, 0.3) is 0 Å². The molecule has 0 aromatic carbocycles. The Hall–Kier alpha value is -1.19. The molecule has 3 fully saturated rings. The fraction of sp³-hybridized carbons (Fsp3) is 0.864. The second-order valence-corrected chi connectivity index (χ2v) is 8.85. The fourth-order valence-corrected chi connectivity index (χ4v) is 4.72. The van der Waals surface area contributed by atoms with Crippen LogP contribution in [0.15, 0.2) is 11.6 Å². The number of amides is 1. The summed E-state index contributed by atoms with van der Waals surface area (Å²) >= 11 is 0. The van der Waals surface area contributed by atoms with Gasteiger partial charge in [0.05, 0.1) is 38.4 Å². The number of ether oxygens (including phenoxy) is 6. The predicted molar refractivity (Wildman–Crippen MR) is 110 cm³/mol. The van der Waals surface area contributed by atoms with Gasteiger partial charge in [-0.05, 0) is 40.0 Å². The molecule has 30 heavy (non-hydrogen) atoms. The average molecular weight is 428 g/mol. The van der Waals surface area contributed by atoms with Crippen LogP contribution in [0.4, 0.5) is 4.79 Å². The molecule has 1 N–H and O–H groups in total. The van der Waals surface area contributed by atoms with Gasteiger partial charge in [-0.15, -0.1) is 0 Å². The highest BCUT2D eigenvalue weighted by atomic mass is 16.6. The minimum Gasteiger partial charge on any atom is -0.443 e. The van der Waals surface area contributed by atoms with Crippen molar-refractivity contribution in [2.75, 3.05) is 47.2 Å². The van der Waals surface area contributed by atoms with Gasteiger partial charge in [-0.1, -0.05) is 11.6 Å². The minimum atomic E-state index is -0.452. The second-order valence-electron chi connectivity index (χ2n) is 8.85. The number of methoxy groups -OCH3 is 2. The van der Waals surface area contributed by atoms with Crippen molar-refractivity contribution >= 4 is 6.09 Å². The smallest absolute Gasteiger partial charge is 0.407 e. The van der Waals surface area contributed by atoms with Crippen molar-refractivity contribution in [3.8, 4) is 0 Å². The van der Waals surface area contributed by atoms with Gasteiger partial charge in [-0.3, -0.25) is 0 Å². The van der Waals surface area contributed by atoms with Crippen molar-refractivity contribution in [1.29, 1.82) is 0 Å². The number of hydrogen-bond donors (Lipinski definition) is 1. The van der Waals surface area contributed by atoms with Crippen molar-refractivity contribution in [1.82, 2.24) is 5.32 Å². The molecule has 1 amide bonds. The molecule has 0 aromatic heterocycles. The molecule has 6 atom stereocenters. The molecule has 8 heteroatoms. The Kier molecular flexibility index (Phi) is 7.79. The lowest BCUT2D eigenvalue weighted by atomic mass is 9.68. The summed E-state index contributed by atoms with van der Waals surface area (Å²) in [4.78, 5) is 12.3. The van der Waals surface area contributed by atoms with Crippen LogP contribution >= 0.6 is 0 Å². The number of alkyl carbamates (subject to hydrolysis) is 1. The van der Waals surface area contributed by atoms with Crippen LogP contribution < -0.4 is 5.32 Å². The summed E-state index contributed by atoms with van der Waals surface area (Å²) in [6.07, 6.45) is 3.69. The first-order chi connectivity index (χ1) is 14.4. The lowest BCUT2D eigenvalue weighted by Crippen LogP contribution is -2.56. The number of carbonyl (C=O) groups is 1. The Morgan fingerprint density at radius 3 is 2.63 bits per heavy atom. The zero-order chi connectivity index (χ0) is 21.8. The summed E-state index contributed by atoms with van der Waals surface area (Å²) < 4.78 is 34.0. The minimum absolute atomic E-state index is 0.0227. The van der Waals surface area contributed by atoms with Gasteiger partial charge in [-0.25, -0.2) is 4.79 Å². The number of hydrogen-bond acceptors (Lipinski definition) is 7. The van der Waals surface area contributed by atoms with E-state index in [-0.39, 0.29) is 35.4 Å². The summed E-state index contributed by atoms with van der Waals surface area (Å²) in [6, 6.07) is 0. The van der Waals surface area contributed by atoms with Crippen LogP contribution in [0.5, 0.6) is 0 Å². The third kappa shape index (κ3) is 5.34. The molecule has 3 aliphatic rings. The van der Waals surface area contributed by atoms with Gasteiger partial charge in [0, 0.05) is 20.8 Å². The molecule has 3 rings (SSSR count). The molecule has 1 unspecified atom stereocenters. The van der Waals surface area contributed by atoms with Crippen molar-refractivity contribution in [3.63, 3.8) is 0 Å². The fourth-order valence-electron chi connectivity index (χ4n) is 4.72. The highest BCUT2D eigenvalue weighted by Gasteiger charge is 2.72. The summed E-state index contributed by atoms with van der Waals surface area (Å²) in [5.41, 5.74) is 0.721. The molecular formula is C22H37NO7. The molecule has 2 heterocycles. The summed E-state index contributed by atoms with van der Waals surface area (Å²) in [6.45, 7) is 8.85. The first-order valence-electron chi connectivity index (χ1n) is 10.9. The van der Waals surface area contributed by atoms with E-state index in [4.69, 9.17) is 28.4 Å².